The Bertz CT molecular complexity index is 395. The summed E-state index contributed by atoms with van der Waals surface area (Å²) >= 11 is 3.49. The molecule has 0 aliphatic carbocycles. The second kappa shape index (κ2) is 7.54. The van der Waals surface area contributed by atoms with Crippen molar-refractivity contribution in [2.45, 2.75) is 26.3 Å². The molecule has 2 N–H and O–H groups in total. The number of carbonyl (C=O) groups is 1. The number of hydrogen-bond acceptors (Lipinski definition) is 2. The van der Waals surface area contributed by atoms with Crippen LogP contribution in [0.4, 0.5) is 0 Å². The van der Waals surface area contributed by atoms with Crippen LogP contribution < -0.4 is 5.73 Å². The highest BCUT2D eigenvalue weighted by Crippen LogP contribution is 2.18. The topological polar surface area (TPSA) is 46.3 Å². The smallest absolute Gasteiger partial charge is 0.222 e. The van der Waals surface area contributed by atoms with Crippen molar-refractivity contribution in [2.75, 3.05) is 13.6 Å². The summed E-state index contributed by atoms with van der Waals surface area (Å²) in [6, 6.07) is 7.97. The molecule has 0 aliphatic heterocycles. The number of halogens is 1. The number of carbonyl (C=O) groups excluding carboxylic acids is 1. The summed E-state index contributed by atoms with van der Waals surface area (Å²) in [5.41, 5.74) is 6.67. The van der Waals surface area contributed by atoms with Gasteiger partial charge in [0, 0.05) is 24.5 Å². The van der Waals surface area contributed by atoms with Gasteiger partial charge < -0.3 is 10.6 Å². The van der Waals surface area contributed by atoms with Gasteiger partial charge in [-0.1, -0.05) is 41.1 Å². The molecule has 0 fully saturated rings. The molecule has 1 aromatic carbocycles. The Morgan fingerprint density at radius 2 is 2.11 bits per heavy atom. The van der Waals surface area contributed by atoms with Crippen LogP contribution in [0.1, 0.15) is 25.3 Å². The molecular weight excluding hydrogens is 292 g/mol. The molecule has 100 valence electrons. The average molecular weight is 313 g/mol. The van der Waals surface area contributed by atoms with Gasteiger partial charge in [-0.15, -0.1) is 0 Å². The van der Waals surface area contributed by atoms with Crippen molar-refractivity contribution < 1.29 is 4.79 Å². The Kier molecular flexibility index (Phi) is 6.36. The molecule has 1 unspecified atom stereocenters. The highest BCUT2D eigenvalue weighted by molar-refractivity contribution is 9.10. The van der Waals surface area contributed by atoms with Crippen molar-refractivity contribution in [1.29, 1.82) is 0 Å². The van der Waals surface area contributed by atoms with Gasteiger partial charge in [-0.05, 0) is 30.5 Å². The molecular formula is C14H21BrN2O. The molecule has 0 saturated carbocycles. The summed E-state index contributed by atoms with van der Waals surface area (Å²) in [4.78, 5) is 13.7. The highest BCUT2D eigenvalue weighted by Gasteiger charge is 2.11. The lowest BCUT2D eigenvalue weighted by atomic mass is 10.1. The van der Waals surface area contributed by atoms with E-state index in [0.717, 1.165) is 16.5 Å². The molecule has 1 aromatic rings. The minimum Gasteiger partial charge on any atom is -0.341 e. The van der Waals surface area contributed by atoms with Crippen LogP contribution in [0, 0.1) is 5.92 Å². The summed E-state index contributed by atoms with van der Waals surface area (Å²) in [5.74, 6) is 0.580. The van der Waals surface area contributed by atoms with E-state index < -0.39 is 0 Å². The van der Waals surface area contributed by atoms with Gasteiger partial charge in [0.05, 0.1) is 0 Å². The lowest BCUT2D eigenvalue weighted by molar-refractivity contribution is -0.130. The molecule has 0 spiro atoms. The molecule has 0 aliphatic rings. The van der Waals surface area contributed by atoms with Crippen LogP contribution in [0.3, 0.4) is 0 Å². The zero-order valence-corrected chi connectivity index (χ0v) is 12.6. The summed E-state index contributed by atoms with van der Waals surface area (Å²) < 4.78 is 1.04. The van der Waals surface area contributed by atoms with Gasteiger partial charge in [-0.3, -0.25) is 4.79 Å². The summed E-state index contributed by atoms with van der Waals surface area (Å²) in [7, 11) is 1.84. The average Bonchev–Trinajstić information content (AvgIpc) is 2.38. The van der Waals surface area contributed by atoms with Crippen LogP contribution in [-0.2, 0) is 11.3 Å². The predicted octanol–water partition coefficient (Wildman–Crippen LogP) is 2.78. The Morgan fingerprint density at radius 3 is 2.72 bits per heavy atom. The van der Waals surface area contributed by atoms with E-state index in [1.807, 2.05) is 31.3 Å². The molecule has 0 saturated heterocycles. The first-order valence-corrected chi connectivity index (χ1v) is 7.01. The number of nitrogens with zero attached hydrogens (tertiary/aromatic N) is 1. The third-order valence-corrected chi connectivity index (χ3v) is 3.82. The van der Waals surface area contributed by atoms with Crippen molar-refractivity contribution in [1.82, 2.24) is 4.90 Å². The highest BCUT2D eigenvalue weighted by atomic mass is 79.9. The summed E-state index contributed by atoms with van der Waals surface area (Å²) in [6.07, 6.45) is 1.43. The standard InChI is InChI=1S/C14H21BrN2O/c1-11(9-16)7-8-14(18)17(2)10-12-5-3-4-6-13(12)15/h3-6,11H,7-10,16H2,1-2H3. The van der Waals surface area contributed by atoms with Gasteiger partial charge >= 0.3 is 0 Å². The van der Waals surface area contributed by atoms with E-state index in [9.17, 15) is 4.79 Å². The molecule has 1 atom stereocenters. The third kappa shape index (κ3) is 4.78. The lowest BCUT2D eigenvalue weighted by Crippen LogP contribution is -2.27. The fourth-order valence-corrected chi connectivity index (χ4v) is 2.06. The van der Waals surface area contributed by atoms with E-state index in [4.69, 9.17) is 5.73 Å². The van der Waals surface area contributed by atoms with E-state index in [1.165, 1.54) is 0 Å². The number of rotatable bonds is 6. The van der Waals surface area contributed by atoms with Crippen molar-refractivity contribution in [3.63, 3.8) is 0 Å². The van der Waals surface area contributed by atoms with Crippen LogP contribution in [0.25, 0.3) is 0 Å². The van der Waals surface area contributed by atoms with E-state index in [1.54, 1.807) is 4.90 Å². The number of nitrogens with two attached hydrogens (primary N) is 1. The predicted molar refractivity (Wildman–Crippen MR) is 78.1 cm³/mol. The monoisotopic (exact) mass is 312 g/mol. The molecule has 1 rings (SSSR count). The molecule has 0 heterocycles. The van der Waals surface area contributed by atoms with Crippen LogP contribution in [0.2, 0.25) is 0 Å². The normalized spacial score (nSPS) is 12.2. The van der Waals surface area contributed by atoms with Crippen molar-refractivity contribution in [3.05, 3.63) is 34.3 Å². The lowest BCUT2D eigenvalue weighted by Gasteiger charge is -2.19. The molecule has 4 heteroatoms. The number of amides is 1. The van der Waals surface area contributed by atoms with Crippen LogP contribution >= 0.6 is 15.9 Å². The van der Waals surface area contributed by atoms with Crippen molar-refractivity contribution >= 4 is 21.8 Å². The largest absolute Gasteiger partial charge is 0.341 e. The fraction of sp³-hybridized carbons (Fsp3) is 0.500. The van der Waals surface area contributed by atoms with Crippen LogP contribution in [0.5, 0.6) is 0 Å². The molecule has 1 amide bonds. The first-order chi connectivity index (χ1) is 8.54. The van der Waals surface area contributed by atoms with Crippen molar-refractivity contribution in [2.24, 2.45) is 11.7 Å². The molecule has 0 bridgehead atoms. The molecule has 0 radical (unpaired) electrons. The Morgan fingerprint density at radius 1 is 1.44 bits per heavy atom. The van der Waals surface area contributed by atoms with Crippen LogP contribution in [-0.4, -0.2) is 24.4 Å². The van der Waals surface area contributed by atoms with E-state index in [-0.39, 0.29) is 5.91 Å². The maximum Gasteiger partial charge on any atom is 0.222 e. The minimum absolute atomic E-state index is 0.172. The Hall–Kier alpha value is -0.870. The maximum absolute atomic E-state index is 11.9. The summed E-state index contributed by atoms with van der Waals surface area (Å²) in [5, 5.41) is 0. The van der Waals surface area contributed by atoms with Gasteiger partial charge in [-0.2, -0.15) is 0 Å². The minimum atomic E-state index is 0.172. The van der Waals surface area contributed by atoms with Crippen LogP contribution in [0.15, 0.2) is 28.7 Å². The second-order valence-corrected chi connectivity index (χ2v) is 5.58. The third-order valence-electron chi connectivity index (χ3n) is 3.04. The maximum atomic E-state index is 11.9. The zero-order valence-electron chi connectivity index (χ0n) is 11.0. The van der Waals surface area contributed by atoms with E-state index in [0.29, 0.717) is 25.4 Å². The van der Waals surface area contributed by atoms with Gasteiger partial charge in [0.25, 0.3) is 0 Å². The first kappa shape index (κ1) is 15.2. The quantitative estimate of drug-likeness (QED) is 0.878. The first-order valence-electron chi connectivity index (χ1n) is 6.22. The fourth-order valence-electron chi connectivity index (χ4n) is 1.65. The van der Waals surface area contributed by atoms with Gasteiger partial charge in [0.2, 0.25) is 5.91 Å². The van der Waals surface area contributed by atoms with E-state index >= 15 is 0 Å². The molecule has 0 aromatic heterocycles. The molecule has 3 nitrogen and oxygen atoms in total. The SMILES string of the molecule is CC(CN)CCC(=O)N(C)Cc1ccccc1Br. The van der Waals surface area contributed by atoms with Gasteiger partial charge in [0.15, 0.2) is 0 Å². The number of benzene rings is 1. The summed E-state index contributed by atoms with van der Waals surface area (Å²) in [6.45, 7) is 3.35. The van der Waals surface area contributed by atoms with E-state index in [2.05, 4.69) is 22.9 Å². The van der Waals surface area contributed by atoms with Gasteiger partial charge in [-0.25, -0.2) is 0 Å². The zero-order chi connectivity index (χ0) is 13.5. The Labute approximate surface area is 117 Å². The second-order valence-electron chi connectivity index (χ2n) is 4.72. The molecule has 18 heavy (non-hydrogen) atoms. The van der Waals surface area contributed by atoms with Gasteiger partial charge in [0.1, 0.15) is 0 Å². The van der Waals surface area contributed by atoms with Crippen molar-refractivity contribution in [3.8, 4) is 0 Å². The Balaban J connectivity index is 2.47. The number of hydrogen-bond donors (Lipinski definition) is 1.